The Kier molecular flexibility index (Phi) is 5.39. The second-order valence-electron chi connectivity index (χ2n) is 5.45. The minimum Gasteiger partial charge on any atom is -0.257 e. The number of nitrogens with one attached hydrogen (secondary N) is 1. The van der Waals surface area contributed by atoms with Crippen molar-refractivity contribution in [2.45, 2.75) is 30.8 Å². The Bertz CT molecular complexity index is 580. The molecule has 0 aliphatic carbocycles. The van der Waals surface area contributed by atoms with Gasteiger partial charge in [0, 0.05) is 12.8 Å². The van der Waals surface area contributed by atoms with E-state index in [2.05, 4.69) is 9.71 Å². The number of sulfone groups is 1. The summed E-state index contributed by atoms with van der Waals surface area (Å²) in [5.74, 6) is -0.535. The molecule has 0 aliphatic heterocycles. The maximum absolute atomic E-state index is 12.8. The SMILES string of the molecule is CC(C)(C)S(=O)NCC(c1ccc(F)cn1)S(C)(=O)=O. The highest BCUT2D eigenvalue weighted by Crippen LogP contribution is 2.20. The molecule has 0 amide bonds. The van der Waals surface area contributed by atoms with Crippen LogP contribution in [0.1, 0.15) is 31.7 Å². The van der Waals surface area contributed by atoms with Gasteiger partial charge in [0.15, 0.2) is 9.84 Å². The van der Waals surface area contributed by atoms with Gasteiger partial charge in [-0.2, -0.15) is 0 Å². The molecule has 8 heteroatoms. The van der Waals surface area contributed by atoms with Crippen molar-refractivity contribution in [3.8, 4) is 0 Å². The molecule has 1 aromatic rings. The van der Waals surface area contributed by atoms with E-state index in [9.17, 15) is 17.0 Å². The monoisotopic (exact) mass is 322 g/mol. The Balaban J connectivity index is 2.93. The number of aromatic nitrogens is 1. The lowest BCUT2D eigenvalue weighted by Crippen LogP contribution is -2.37. The van der Waals surface area contributed by atoms with E-state index in [-0.39, 0.29) is 12.2 Å². The summed E-state index contributed by atoms with van der Waals surface area (Å²) in [6, 6.07) is 2.48. The molecule has 20 heavy (non-hydrogen) atoms. The maximum atomic E-state index is 12.8. The summed E-state index contributed by atoms with van der Waals surface area (Å²) in [4.78, 5) is 3.79. The zero-order valence-corrected chi connectivity index (χ0v) is 13.5. The van der Waals surface area contributed by atoms with Crippen LogP contribution in [0.5, 0.6) is 0 Å². The van der Waals surface area contributed by atoms with Crippen LogP contribution in [0.2, 0.25) is 0 Å². The van der Waals surface area contributed by atoms with Crippen LogP contribution in [0.3, 0.4) is 0 Å². The van der Waals surface area contributed by atoms with Gasteiger partial charge in [0.2, 0.25) is 0 Å². The van der Waals surface area contributed by atoms with Crippen molar-refractivity contribution in [2.24, 2.45) is 0 Å². The fourth-order valence-electron chi connectivity index (χ4n) is 1.42. The van der Waals surface area contributed by atoms with Gasteiger partial charge in [-0.1, -0.05) is 0 Å². The fraction of sp³-hybridized carbons (Fsp3) is 0.583. The molecule has 5 nitrogen and oxygen atoms in total. The molecule has 1 rings (SSSR count). The molecule has 0 bridgehead atoms. The van der Waals surface area contributed by atoms with Gasteiger partial charge in [0.1, 0.15) is 11.1 Å². The third-order valence-corrected chi connectivity index (χ3v) is 5.54. The predicted octanol–water partition coefficient (Wildman–Crippen LogP) is 1.36. The van der Waals surface area contributed by atoms with Gasteiger partial charge in [-0.3, -0.25) is 4.98 Å². The largest absolute Gasteiger partial charge is 0.257 e. The highest BCUT2D eigenvalue weighted by atomic mass is 32.2. The summed E-state index contributed by atoms with van der Waals surface area (Å²) < 4.78 is 50.6. The minimum absolute atomic E-state index is 0.0403. The molecule has 0 aliphatic rings. The van der Waals surface area contributed by atoms with Gasteiger partial charge in [0.25, 0.3) is 0 Å². The molecule has 0 fully saturated rings. The summed E-state index contributed by atoms with van der Waals surface area (Å²) >= 11 is 0. The third kappa shape index (κ3) is 4.92. The standard InChI is InChI=1S/C12H19FN2O3S2/c1-12(2,3)19(16)15-8-11(20(4,17)18)10-6-5-9(13)7-14-10/h5-7,11,15H,8H2,1-4H3. The first-order chi connectivity index (χ1) is 9.01. The summed E-state index contributed by atoms with van der Waals surface area (Å²) in [5, 5.41) is -0.964. The Morgan fingerprint density at radius 3 is 2.40 bits per heavy atom. The number of hydrogen-bond donors (Lipinski definition) is 1. The summed E-state index contributed by atoms with van der Waals surface area (Å²) in [5.41, 5.74) is 0.229. The van der Waals surface area contributed by atoms with E-state index in [1.54, 1.807) is 20.8 Å². The first-order valence-electron chi connectivity index (χ1n) is 5.97. The quantitative estimate of drug-likeness (QED) is 0.888. The Hall–Kier alpha value is -0.860. The van der Waals surface area contributed by atoms with Crippen LogP contribution in [-0.4, -0.2) is 35.2 Å². The highest BCUT2D eigenvalue weighted by Gasteiger charge is 2.27. The van der Waals surface area contributed by atoms with Gasteiger partial charge < -0.3 is 0 Å². The van der Waals surface area contributed by atoms with E-state index >= 15 is 0 Å². The van der Waals surface area contributed by atoms with Crippen molar-refractivity contribution >= 4 is 20.8 Å². The normalized spacial score (nSPS) is 15.8. The molecular formula is C12H19FN2O3S2. The number of pyridine rings is 1. The average Bonchev–Trinajstić information content (AvgIpc) is 2.28. The molecule has 2 unspecified atom stereocenters. The Morgan fingerprint density at radius 1 is 1.40 bits per heavy atom. The van der Waals surface area contributed by atoms with Crippen LogP contribution in [-0.2, 0) is 20.8 Å². The lowest BCUT2D eigenvalue weighted by Gasteiger charge is -2.21. The third-order valence-electron chi connectivity index (χ3n) is 2.55. The molecule has 0 spiro atoms. The van der Waals surface area contributed by atoms with Crippen molar-refractivity contribution < 1.29 is 17.0 Å². The van der Waals surface area contributed by atoms with E-state index in [1.807, 2.05) is 0 Å². The second kappa shape index (κ2) is 6.28. The van der Waals surface area contributed by atoms with Crippen LogP contribution in [0, 0.1) is 5.82 Å². The molecule has 0 saturated carbocycles. The van der Waals surface area contributed by atoms with Crippen LogP contribution >= 0.6 is 0 Å². The first kappa shape index (κ1) is 17.2. The van der Waals surface area contributed by atoms with Crippen LogP contribution in [0.25, 0.3) is 0 Å². The van der Waals surface area contributed by atoms with Gasteiger partial charge in [-0.15, -0.1) is 0 Å². The Morgan fingerprint density at radius 2 is 2.00 bits per heavy atom. The van der Waals surface area contributed by atoms with Crippen molar-refractivity contribution in [3.05, 3.63) is 29.8 Å². The van der Waals surface area contributed by atoms with E-state index in [0.717, 1.165) is 18.5 Å². The lowest BCUT2D eigenvalue weighted by atomic mass is 10.2. The molecule has 1 heterocycles. The van der Waals surface area contributed by atoms with E-state index in [0.29, 0.717) is 0 Å². The Labute approximate surface area is 121 Å². The molecule has 0 saturated heterocycles. The van der Waals surface area contributed by atoms with Gasteiger partial charge in [-0.05, 0) is 32.9 Å². The van der Waals surface area contributed by atoms with Gasteiger partial charge in [0.05, 0.1) is 27.6 Å². The van der Waals surface area contributed by atoms with Crippen molar-refractivity contribution in [3.63, 3.8) is 0 Å². The highest BCUT2D eigenvalue weighted by molar-refractivity contribution is 7.91. The summed E-state index contributed by atoms with van der Waals surface area (Å²) in [6.45, 7) is 5.30. The molecular weight excluding hydrogens is 303 g/mol. The molecule has 114 valence electrons. The molecule has 1 aromatic heterocycles. The smallest absolute Gasteiger partial charge is 0.157 e. The minimum atomic E-state index is -3.45. The number of halogens is 1. The zero-order chi connectivity index (χ0) is 15.6. The van der Waals surface area contributed by atoms with E-state index in [1.165, 1.54) is 6.07 Å². The topological polar surface area (TPSA) is 76.1 Å². The van der Waals surface area contributed by atoms with Crippen molar-refractivity contribution in [2.75, 3.05) is 12.8 Å². The summed E-state index contributed by atoms with van der Waals surface area (Å²) in [6.07, 6.45) is 2.04. The van der Waals surface area contributed by atoms with Crippen LogP contribution in [0.4, 0.5) is 4.39 Å². The lowest BCUT2D eigenvalue weighted by molar-refractivity contribution is 0.579. The number of hydrogen-bond acceptors (Lipinski definition) is 4. The molecule has 0 aromatic carbocycles. The first-order valence-corrected chi connectivity index (χ1v) is 9.08. The van der Waals surface area contributed by atoms with Gasteiger partial charge >= 0.3 is 0 Å². The molecule has 1 N–H and O–H groups in total. The fourth-order valence-corrected chi connectivity index (χ4v) is 3.24. The number of nitrogens with zero attached hydrogens (tertiary/aromatic N) is 1. The van der Waals surface area contributed by atoms with Gasteiger partial charge in [-0.25, -0.2) is 21.7 Å². The molecule has 2 atom stereocenters. The van der Waals surface area contributed by atoms with Crippen LogP contribution in [0.15, 0.2) is 18.3 Å². The van der Waals surface area contributed by atoms with E-state index < -0.39 is 36.6 Å². The van der Waals surface area contributed by atoms with Crippen molar-refractivity contribution in [1.82, 2.24) is 9.71 Å². The van der Waals surface area contributed by atoms with Crippen molar-refractivity contribution in [1.29, 1.82) is 0 Å². The summed E-state index contributed by atoms with van der Waals surface area (Å²) in [7, 11) is -4.84. The maximum Gasteiger partial charge on any atom is 0.157 e. The second-order valence-corrected chi connectivity index (χ2v) is 9.73. The molecule has 0 radical (unpaired) electrons. The zero-order valence-electron chi connectivity index (χ0n) is 11.9. The van der Waals surface area contributed by atoms with Crippen LogP contribution < -0.4 is 4.72 Å². The average molecular weight is 322 g/mol. The predicted molar refractivity (Wildman–Crippen MR) is 77.7 cm³/mol. The van der Waals surface area contributed by atoms with E-state index in [4.69, 9.17) is 0 Å². The number of rotatable bonds is 5.